The summed E-state index contributed by atoms with van der Waals surface area (Å²) in [5.74, 6) is 0.0727. The molecule has 0 atom stereocenters. The Morgan fingerprint density at radius 3 is 1.95 bits per heavy atom. The van der Waals surface area contributed by atoms with Crippen LogP contribution in [0.2, 0.25) is 0 Å². The van der Waals surface area contributed by atoms with Gasteiger partial charge in [-0.3, -0.25) is 4.79 Å². The fourth-order valence-electron chi connectivity index (χ4n) is 2.26. The second-order valence-electron chi connectivity index (χ2n) is 6.69. The summed E-state index contributed by atoms with van der Waals surface area (Å²) in [4.78, 5) is 12.5. The topological polar surface area (TPSA) is 29.1 Å². The summed E-state index contributed by atoms with van der Waals surface area (Å²) in [6.07, 6.45) is 1.74. The lowest BCUT2D eigenvalue weighted by Gasteiger charge is -2.23. The van der Waals surface area contributed by atoms with Crippen molar-refractivity contribution in [3.05, 3.63) is 65.2 Å². The fraction of sp³-hybridized carbons (Fsp3) is 0.350. The molecule has 0 saturated heterocycles. The smallest absolute Gasteiger partial charge is 0.230 e. The highest BCUT2D eigenvalue weighted by atomic mass is 16.2. The van der Waals surface area contributed by atoms with E-state index in [1.54, 1.807) is 0 Å². The number of hydrogen-bond acceptors (Lipinski definition) is 1. The van der Waals surface area contributed by atoms with Crippen molar-refractivity contribution in [3.63, 3.8) is 0 Å². The third-order valence-electron chi connectivity index (χ3n) is 4.08. The van der Waals surface area contributed by atoms with Gasteiger partial charge < -0.3 is 5.32 Å². The van der Waals surface area contributed by atoms with E-state index in [4.69, 9.17) is 0 Å². The highest BCUT2D eigenvalue weighted by molar-refractivity contribution is 5.94. The summed E-state index contributed by atoms with van der Waals surface area (Å²) in [5, 5.41) is 3.02. The first-order chi connectivity index (χ1) is 10.4. The Morgan fingerprint density at radius 1 is 0.909 bits per heavy atom. The zero-order valence-electron chi connectivity index (χ0n) is 13.9. The van der Waals surface area contributed by atoms with Gasteiger partial charge in [-0.15, -0.1) is 0 Å². The minimum atomic E-state index is -0.393. The van der Waals surface area contributed by atoms with Crippen molar-refractivity contribution in [2.24, 2.45) is 5.41 Å². The molecule has 0 saturated carbocycles. The van der Waals surface area contributed by atoms with E-state index < -0.39 is 5.41 Å². The molecule has 0 radical (unpaired) electrons. The van der Waals surface area contributed by atoms with Crippen LogP contribution in [0.1, 0.15) is 37.0 Å². The number of hydrogen-bond donors (Lipinski definition) is 1. The first kappa shape index (κ1) is 16.3. The van der Waals surface area contributed by atoms with Crippen LogP contribution in [-0.4, -0.2) is 5.91 Å². The van der Waals surface area contributed by atoms with Crippen molar-refractivity contribution in [3.8, 4) is 0 Å². The average Bonchev–Trinajstić information content (AvgIpc) is 2.49. The van der Waals surface area contributed by atoms with Crippen molar-refractivity contribution >= 4 is 11.6 Å². The van der Waals surface area contributed by atoms with Gasteiger partial charge in [-0.05, 0) is 44.4 Å². The molecule has 0 spiro atoms. The highest BCUT2D eigenvalue weighted by Gasteiger charge is 2.27. The molecule has 2 rings (SSSR count). The summed E-state index contributed by atoms with van der Waals surface area (Å²) in [5.41, 5.74) is 4.20. The van der Waals surface area contributed by atoms with Gasteiger partial charge >= 0.3 is 0 Å². The molecule has 0 fully saturated rings. The van der Waals surface area contributed by atoms with E-state index in [1.807, 2.05) is 45.0 Å². The highest BCUT2D eigenvalue weighted by Crippen LogP contribution is 2.25. The second kappa shape index (κ2) is 6.78. The molecule has 2 heteroatoms. The molecule has 1 amide bonds. The Labute approximate surface area is 133 Å². The van der Waals surface area contributed by atoms with Crippen molar-refractivity contribution in [1.29, 1.82) is 0 Å². The van der Waals surface area contributed by atoms with E-state index in [9.17, 15) is 4.79 Å². The number of carbonyl (C=O) groups is 1. The molecule has 1 N–H and O–H groups in total. The standard InChI is InChI=1S/C20H25NO/c1-15-5-9-17(10-6-15)13-14-20(3,4)19(22)21-18-11-7-16(2)8-12-18/h5-12H,13-14H2,1-4H3,(H,21,22). The summed E-state index contributed by atoms with van der Waals surface area (Å²) in [6.45, 7) is 8.13. The third-order valence-corrected chi connectivity index (χ3v) is 4.08. The van der Waals surface area contributed by atoms with Gasteiger partial charge in [-0.25, -0.2) is 0 Å². The van der Waals surface area contributed by atoms with Gasteiger partial charge in [0.1, 0.15) is 0 Å². The van der Waals surface area contributed by atoms with E-state index >= 15 is 0 Å². The van der Waals surface area contributed by atoms with Crippen LogP contribution in [-0.2, 0) is 11.2 Å². The van der Waals surface area contributed by atoms with Crippen LogP contribution in [0.25, 0.3) is 0 Å². The van der Waals surface area contributed by atoms with Gasteiger partial charge in [0.2, 0.25) is 5.91 Å². The predicted octanol–water partition coefficient (Wildman–Crippen LogP) is 4.90. The molecule has 22 heavy (non-hydrogen) atoms. The Balaban J connectivity index is 1.95. The number of amides is 1. The molecule has 0 bridgehead atoms. The second-order valence-corrected chi connectivity index (χ2v) is 6.69. The van der Waals surface area contributed by atoms with Crippen molar-refractivity contribution < 1.29 is 4.79 Å². The van der Waals surface area contributed by atoms with Gasteiger partial charge in [0.15, 0.2) is 0 Å². The number of aryl methyl sites for hydroxylation is 3. The van der Waals surface area contributed by atoms with Gasteiger partial charge in [0, 0.05) is 11.1 Å². The van der Waals surface area contributed by atoms with Crippen LogP contribution in [0, 0.1) is 19.3 Å². The Hall–Kier alpha value is -2.09. The van der Waals surface area contributed by atoms with E-state index in [0.29, 0.717) is 0 Å². The quantitative estimate of drug-likeness (QED) is 0.835. The first-order valence-electron chi connectivity index (χ1n) is 7.80. The molecule has 116 valence electrons. The number of carbonyl (C=O) groups excluding carboxylic acids is 1. The molecule has 0 aliphatic heterocycles. The normalized spacial score (nSPS) is 11.3. The lowest BCUT2D eigenvalue weighted by Crippen LogP contribution is -2.31. The maximum atomic E-state index is 12.5. The molecule has 0 heterocycles. The van der Waals surface area contributed by atoms with Crippen molar-refractivity contribution in [2.45, 2.75) is 40.5 Å². The average molecular weight is 295 g/mol. The van der Waals surface area contributed by atoms with Gasteiger partial charge in [-0.1, -0.05) is 61.4 Å². The molecule has 2 nitrogen and oxygen atoms in total. The number of rotatable bonds is 5. The van der Waals surface area contributed by atoms with Crippen LogP contribution in [0.15, 0.2) is 48.5 Å². The third kappa shape index (κ3) is 4.45. The molecule has 0 aromatic heterocycles. The van der Waals surface area contributed by atoms with Crippen LogP contribution < -0.4 is 5.32 Å². The number of nitrogens with one attached hydrogen (secondary N) is 1. The minimum Gasteiger partial charge on any atom is -0.326 e. The largest absolute Gasteiger partial charge is 0.326 e. The number of anilines is 1. The monoisotopic (exact) mass is 295 g/mol. The van der Waals surface area contributed by atoms with Gasteiger partial charge in [-0.2, -0.15) is 0 Å². The Bertz CT molecular complexity index is 624. The van der Waals surface area contributed by atoms with Gasteiger partial charge in [0.25, 0.3) is 0 Å². The van der Waals surface area contributed by atoms with Gasteiger partial charge in [0.05, 0.1) is 0 Å². The van der Waals surface area contributed by atoms with E-state index in [1.165, 1.54) is 16.7 Å². The zero-order chi connectivity index (χ0) is 16.2. The summed E-state index contributed by atoms with van der Waals surface area (Å²) in [6, 6.07) is 16.4. The Kier molecular flexibility index (Phi) is 5.02. The molecule has 0 aliphatic rings. The maximum absolute atomic E-state index is 12.5. The first-order valence-corrected chi connectivity index (χ1v) is 7.80. The number of benzene rings is 2. The Morgan fingerprint density at radius 2 is 1.41 bits per heavy atom. The van der Waals surface area contributed by atoms with Crippen LogP contribution in [0.5, 0.6) is 0 Å². The lowest BCUT2D eigenvalue weighted by atomic mass is 9.85. The predicted molar refractivity (Wildman–Crippen MR) is 93.1 cm³/mol. The van der Waals surface area contributed by atoms with Crippen molar-refractivity contribution in [1.82, 2.24) is 0 Å². The van der Waals surface area contributed by atoms with E-state index in [0.717, 1.165) is 18.5 Å². The fourth-order valence-corrected chi connectivity index (χ4v) is 2.26. The summed E-state index contributed by atoms with van der Waals surface area (Å²) in [7, 11) is 0. The maximum Gasteiger partial charge on any atom is 0.230 e. The molecule has 0 unspecified atom stereocenters. The molecular weight excluding hydrogens is 270 g/mol. The van der Waals surface area contributed by atoms with E-state index in [-0.39, 0.29) is 5.91 Å². The van der Waals surface area contributed by atoms with Crippen LogP contribution in [0.4, 0.5) is 5.69 Å². The molecule has 2 aromatic rings. The SMILES string of the molecule is Cc1ccc(CCC(C)(C)C(=O)Nc2ccc(C)cc2)cc1. The molecular formula is C20H25NO. The summed E-state index contributed by atoms with van der Waals surface area (Å²) >= 11 is 0. The summed E-state index contributed by atoms with van der Waals surface area (Å²) < 4.78 is 0. The van der Waals surface area contributed by atoms with Crippen molar-refractivity contribution in [2.75, 3.05) is 5.32 Å². The molecule has 0 aliphatic carbocycles. The van der Waals surface area contributed by atoms with E-state index in [2.05, 4.69) is 36.5 Å². The molecule has 2 aromatic carbocycles. The lowest BCUT2D eigenvalue weighted by molar-refractivity contribution is -0.124. The zero-order valence-corrected chi connectivity index (χ0v) is 13.9. The van der Waals surface area contributed by atoms with Crippen LogP contribution >= 0.6 is 0 Å². The van der Waals surface area contributed by atoms with Crippen LogP contribution in [0.3, 0.4) is 0 Å². The minimum absolute atomic E-state index is 0.0727.